The Morgan fingerprint density at radius 2 is 1.82 bits per heavy atom. The Morgan fingerprint density at radius 1 is 1.06 bits per heavy atom. The zero-order chi connectivity index (χ0) is 23.4. The van der Waals surface area contributed by atoms with Gasteiger partial charge in [0.1, 0.15) is 12.1 Å². The number of amides is 4. The molecule has 2 heterocycles. The molecule has 0 spiro atoms. The summed E-state index contributed by atoms with van der Waals surface area (Å²) in [5, 5.41) is 6.61. The number of para-hydroxylation sites is 1. The molecule has 7 heteroatoms. The normalized spacial score (nSPS) is 17.9. The van der Waals surface area contributed by atoms with Crippen LogP contribution in [0, 0.1) is 0 Å². The Kier molecular flexibility index (Phi) is 6.40. The molecule has 1 aromatic heterocycles. The third-order valence-electron chi connectivity index (χ3n) is 6.08. The van der Waals surface area contributed by atoms with Gasteiger partial charge in [-0.1, -0.05) is 61.9 Å². The highest BCUT2D eigenvalue weighted by Gasteiger charge is 2.49. The number of carbonyl (C=O) groups is 3. The van der Waals surface area contributed by atoms with Crippen LogP contribution in [0.15, 0.2) is 60.8 Å². The van der Waals surface area contributed by atoms with Gasteiger partial charge in [0, 0.05) is 18.1 Å². The zero-order valence-corrected chi connectivity index (χ0v) is 18.9. The predicted molar refractivity (Wildman–Crippen MR) is 126 cm³/mol. The largest absolute Gasteiger partial charge is 0.354 e. The van der Waals surface area contributed by atoms with Gasteiger partial charge in [0.05, 0.1) is 5.52 Å². The summed E-state index contributed by atoms with van der Waals surface area (Å²) in [6, 6.07) is 16.9. The number of fused-ring (bicyclic) bond motifs is 1. The molecule has 2 aromatic carbocycles. The maximum absolute atomic E-state index is 13.1. The number of nitrogens with one attached hydrogen (secondary N) is 2. The Labute approximate surface area is 193 Å². The van der Waals surface area contributed by atoms with Crippen LogP contribution in [0.5, 0.6) is 0 Å². The number of hydrogen-bond donors (Lipinski definition) is 2. The first-order chi connectivity index (χ1) is 15.9. The highest BCUT2D eigenvalue weighted by Crippen LogP contribution is 2.29. The van der Waals surface area contributed by atoms with Gasteiger partial charge in [0.25, 0.3) is 5.91 Å². The molecule has 1 atom stereocenters. The van der Waals surface area contributed by atoms with E-state index in [-0.39, 0.29) is 12.5 Å². The van der Waals surface area contributed by atoms with Crippen LogP contribution in [0.4, 0.5) is 4.79 Å². The number of benzene rings is 2. The quantitative estimate of drug-likeness (QED) is 0.522. The van der Waals surface area contributed by atoms with Gasteiger partial charge in [0.2, 0.25) is 5.91 Å². The van der Waals surface area contributed by atoms with E-state index < -0.39 is 17.5 Å². The average molecular weight is 445 g/mol. The summed E-state index contributed by atoms with van der Waals surface area (Å²) in [5.41, 5.74) is 2.63. The molecule has 2 N–H and O–H groups in total. The third kappa shape index (κ3) is 4.58. The number of rotatable bonds is 8. The van der Waals surface area contributed by atoms with Crippen LogP contribution < -0.4 is 10.6 Å². The van der Waals surface area contributed by atoms with Crippen LogP contribution in [0.3, 0.4) is 0 Å². The van der Waals surface area contributed by atoms with E-state index in [9.17, 15) is 14.4 Å². The van der Waals surface area contributed by atoms with Gasteiger partial charge in [-0.2, -0.15) is 0 Å². The fraction of sp³-hybridized carbons (Fsp3) is 0.308. The minimum Gasteiger partial charge on any atom is -0.354 e. The lowest BCUT2D eigenvalue weighted by Gasteiger charge is -2.22. The van der Waals surface area contributed by atoms with E-state index in [2.05, 4.69) is 22.5 Å². The van der Waals surface area contributed by atoms with Crippen LogP contribution in [0.25, 0.3) is 10.9 Å². The molecule has 1 aliphatic heterocycles. The van der Waals surface area contributed by atoms with Gasteiger partial charge in [-0.3, -0.25) is 19.5 Å². The zero-order valence-electron chi connectivity index (χ0n) is 18.9. The molecular weight excluding hydrogens is 416 g/mol. The van der Waals surface area contributed by atoms with Crippen molar-refractivity contribution in [3.63, 3.8) is 0 Å². The number of aryl methyl sites for hydroxylation is 1. The van der Waals surface area contributed by atoms with Gasteiger partial charge in [0.15, 0.2) is 0 Å². The van der Waals surface area contributed by atoms with Crippen molar-refractivity contribution in [1.82, 2.24) is 20.5 Å². The Hall–Kier alpha value is -3.74. The van der Waals surface area contributed by atoms with Gasteiger partial charge < -0.3 is 10.6 Å². The Morgan fingerprint density at radius 3 is 2.58 bits per heavy atom. The lowest BCUT2D eigenvalue weighted by Crippen LogP contribution is -2.43. The van der Waals surface area contributed by atoms with Gasteiger partial charge in [-0.25, -0.2) is 4.79 Å². The van der Waals surface area contributed by atoms with Crippen LogP contribution >= 0.6 is 0 Å². The first-order valence-electron chi connectivity index (χ1n) is 11.2. The van der Waals surface area contributed by atoms with Crippen molar-refractivity contribution in [2.75, 3.05) is 13.1 Å². The van der Waals surface area contributed by atoms with Crippen molar-refractivity contribution >= 4 is 28.7 Å². The molecule has 4 amide bonds. The molecule has 7 nitrogen and oxygen atoms in total. The summed E-state index contributed by atoms with van der Waals surface area (Å²) in [6.45, 7) is 3.85. The average Bonchev–Trinajstić information content (AvgIpc) is 3.03. The molecular formula is C26H28N4O3. The van der Waals surface area contributed by atoms with E-state index in [0.717, 1.165) is 34.2 Å². The van der Waals surface area contributed by atoms with E-state index in [4.69, 9.17) is 0 Å². The van der Waals surface area contributed by atoms with E-state index in [1.807, 2.05) is 54.6 Å². The lowest BCUT2D eigenvalue weighted by atomic mass is 9.91. The Balaban J connectivity index is 1.36. The molecule has 1 fully saturated rings. The van der Waals surface area contributed by atoms with Crippen LogP contribution in [-0.4, -0.2) is 40.8 Å². The summed E-state index contributed by atoms with van der Waals surface area (Å²) in [6.07, 6.45) is 4.34. The number of imide groups is 1. The fourth-order valence-electron chi connectivity index (χ4n) is 4.23. The van der Waals surface area contributed by atoms with Crippen molar-refractivity contribution in [3.8, 4) is 0 Å². The van der Waals surface area contributed by atoms with Gasteiger partial charge in [-0.15, -0.1) is 0 Å². The second kappa shape index (κ2) is 9.40. The summed E-state index contributed by atoms with van der Waals surface area (Å²) in [7, 11) is 0. The summed E-state index contributed by atoms with van der Waals surface area (Å²) in [5.74, 6) is -0.807. The second-order valence-corrected chi connectivity index (χ2v) is 8.49. The van der Waals surface area contributed by atoms with Crippen molar-refractivity contribution in [3.05, 3.63) is 77.5 Å². The summed E-state index contributed by atoms with van der Waals surface area (Å²) in [4.78, 5) is 43.5. The van der Waals surface area contributed by atoms with Crippen molar-refractivity contribution in [2.45, 2.75) is 38.6 Å². The second-order valence-electron chi connectivity index (χ2n) is 8.49. The monoisotopic (exact) mass is 444 g/mol. The molecule has 0 aliphatic carbocycles. The van der Waals surface area contributed by atoms with E-state index in [0.29, 0.717) is 18.5 Å². The highest BCUT2D eigenvalue weighted by atomic mass is 16.2. The maximum Gasteiger partial charge on any atom is 0.325 e. The molecule has 170 valence electrons. The molecule has 3 aromatic rings. The number of pyridine rings is 1. The lowest BCUT2D eigenvalue weighted by molar-refractivity contribution is -0.134. The minimum absolute atomic E-state index is 0.317. The SMILES string of the molecule is CCCc1ccc(C2(C)NC(=O)N(CC(=O)NCCc3cccc4cccnc34)C2=O)cc1. The smallest absolute Gasteiger partial charge is 0.325 e. The molecule has 0 saturated carbocycles. The molecule has 4 rings (SSSR count). The van der Waals surface area contributed by atoms with Crippen molar-refractivity contribution < 1.29 is 14.4 Å². The maximum atomic E-state index is 13.1. The topological polar surface area (TPSA) is 91.4 Å². The summed E-state index contributed by atoms with van der Waals surface area (Å²) < 4.78 is 0. The predicted octanol–water partition coefficient (Wildman–Crippen LogP) is 3.31. The standard InChI is InChI=1S/C26H28N4O3/c1-3-6-18-10-12-21(13-11-18)26(2)24(32)30(25(33)29-26)17-22(31)27-16-14-20-8-4-7-19-9-5-15-28-23(19)20/h4-5,7-13,15H,3,6,14,16-17H2,1-2H3,(H,27,31)(H,29,33). The number of hydrogen-bond acceptors (Lipinski definition) is 4. The van der Waals surface area contributed by atoms with E-state index >= 15 is 0 Å². The Bertz CT molecular complexity index is 1190. The molecule has 1 aliphatic rings. The van der Waals surface area contributed by atoms with Crippen LogP contribution in [-0.2, 0) is 28.0 Å². The minimum atomic E-state index is -1.18. The van der Waals surface area contributed by atoms with Gasteiger partial charge >= 0.3 is 6.03 Å². The molecule has 33 heavy (non-hydrogen) atoms. The molecule has 0 bridgehead atoms. The highest BCUT2D eigenvalue weighted by molar-refractivity contribution is 6.09. The van der Waals surface area contributed by atoms with E-state index in [1.165, 1.54) is 5.56 Å². The molecule has 1 saturated heterocycles. The first kappa shape index (κ1) is 22.5. The fourth-order valence-corrected chi connectivity index (χ4v) is 4.23. The van der Waals surface area contributed by atoms with E-state index in [1.54, 1.807) is 13.1 Å². The molecule has 0 radical (unpaired) electrons. The summed E-state index contributed by atoms with van der Waals surface area (Å²) >= 11 is 0. The number of urea groups is 1. The van der Waals surface area contributed by atoms with Crippen LogP contribution in [0.1, 0.15) is 37.0 Å². The van der Waals surface area contributed by atoms with Crippen molar-refractivity contribution in [2.24, 2.45) is 0 Å². The molecule has 1 unspecified atom stereocenters. The first-order valence-corrected chi connectivity index (χ1v) is 11.2. The number of nitrogens with zero attached hydrogens (tertiary/aromatic N) is 2. The van der Waals surface area contributed by atoms with Crippen LogP contribution in [0.2, 0.25) is 0 Å². The third-order valence-corrected chi connectivity index (χ3v) is 6.08. The number of aromatic nitrogens is 1. The number of carbonyl (C=O) groups excluding carboxylic acids is 3. The van der Waals surface area contributed by atoms with Crippen molar-refractivity contribution in [1.29, 1.82) is 0 Å². The van der Waals surface area contributed by atoms with Gasteiger partial charge in [-0.05, 0) is 42.5 Å².